The van der Waals surface area contributed by atoms with Gasteiger partial charge in [-0.3, -0.25) is 4.79 Å². The smallest absolute Gasteiger partial charge is 0.136 e. The van der Waals surface area contributed by atoms with Crippen molar-refractivity contribution in [3.63, 3.8) is 0 Å². The number of allylic oxidation sites excluding steroid dienone is 2. The number of ketones is 1. The summed E-state index contributed by atoms with van der Waals surface area (Å²) < 4.78 is 26.3. The number of hydrogen-bond donors (Lipinski definition) is 0. The fraction of sp³-hybridized carbons (Fsp3) is 0.308. The highest BCUT2D eigenvalue weighted by atomic mass is 19.1. The molecule has 0 saturated heterocycles. The Hall–Kier alpha value is -1.51. The fourth-order valence-corrected chi connectivity index (χ4v) is 1.85. The second-order valence-corrected chi connectivity index (χ2v) is 4.02. The lowest BCUT2D eigenvalue weighted by Crippen LogP contribution is -2.06. The minimum absolute atomic E-state index is 0.212. The van der Waals surface area contributed by atoms with Gasteiger partial charge in [0.15, 0.2) is 0 Å². The lowest BCUT2D eigenvalue weighted by molar-refractivity contribution is -0.118. The van der Waals surface area contributed by atoms with Gasteiger partial charge in [0.2, 0.25) is 0 Å². The maximum atomic E-state index is 13.3. The Morgan fingerprint density at radius 2 is 2.00 bits per heavy atom. The summed E-state index contributed by atoms with van der Waals surface area (Å²) in [5.74, 6) is -0.605. The molecule has 0 radical (unpaired) electrons. The molecule has 1 aromatic rings. The molecule has 0 fully saturated rings. The lowest BCUT2D eigenvalue weighted by Gasteiger charge is -2.12. The zero-order chi connectivity index (χ0) is 11.5. The summed E-state index contributed by atoms with van der Waals surface area (Å²) >= 11 is 0. The van der Waals surface area contributed by atoms with Crippen molar-refractivity contribution in [3.8, 4) is 0 Å². The molecule has 3 heteroatoms. The first kappa shape index (κ1) is 11.0. The Balaban J connectivity index is 2.15. The molecule has 1 aliphatic carbocycles. The van der Waals surface area contributed by atoms with Crippen LogP contribution in [0.2, 0.25) is 0 Å². The van der Waals surface area contributed by atoms with E-state index in [4.69, 9.17) is 0 Å². The minimum Gasteiger partial charge on any atom is -0.299 e. The predicted octanol–water partition coefficient (Wildman–Crippen LogP) is 3.19. The number of halogens is 2. The van der Waals surface area contributed by atoms with E-state index in [2.05, 4.69) is 0 Å². The van der Waals surface area contributed by atoms with Gasteiger partial charge >= 0.3 is 0 Å². The van der Waals surface area contributed by atoms with Crippen molar-refractivity contribution in [1.82, 2.24) is 0 Å². The van der Waals surface area contributed by atoms with Crippen LogP contribution in [-0.4, -0.2) is 5.78 Å². The number of hydrogen-bond acceptors (Lipinski definition) is 1. The van der Waals surface area contributed by atoms with Crippen molar-refractivity contribution in [2.45, 2.75) is 25.7 Å². The van der Waals surface area contributed by atoms with Crippen LogP contribution in [0.5, 0.6) is 0 Å². The zero-order valence-corrected chi connectivity index (χ0v) is 8.80. The highest BCUT2D eigenvalue weighted by molar-refractivity contribution is 5.81. The molecule has 0 bridgehead atoms. The maximum absolute atomic E-state index is 13.3. The van der Waals surface area contributed by atoms with Crippen LogP contribution in [0.15, 0.2) is 29.8 Å². The molecular weight excluding hydrogens is 210 g/mol. The molecule has 0 amide bonds. The maximum Gasteiger partial charge on any atom is 0.136 e. The molecule has 1 aromatic carbocycles. The van der Waals surface area contributed by atoms with Gasteiger partial charge in [0.1, 0.15) is 17.4 Å². The summed E-state index contributed by atoms with van der Waals surface area (Å²) in [7, 11) is 0. The Labute approximate surface area is 92.8 Å². The van der Waals surface area contributed by atoms with Crippen LogP contribution in [0.3, 0.4) is 0 Å². The molecule has 84 valence electrons. The highest BCUT2D eigenvalue weighted by Gasteiger charge is 2.12. The predicted molar refractivity (Wildman–Crippen MR) is 57.0 cm³/mol. The van der Waals surface area contributed by atoms with Gasteiger partial charge in [-0.15, -0.1) is 0 Å². The SMILES string of the molecule is O=C1CC=C(Cc2cc(F)ccc2F)CC1. The third kappa shape index (κ3) is 2.54. The van der Waals surface area contributed by atoms with Crippen molar-refractivity contribution < 1.29 is 13.6 Å². The Bertz CT molecular complexity index is 449. The van der Waals surface area contributed by atoms with Crippen LogP contribution in [0.1, 0.15) is 24.8 Å². The molecule has 0 N–H and O–H groups in total. The number of carbonyl (C=O) groups excluding carboxylic acids is 1. The largest absolute Gasteiger partial charge is 0.299 e. The zero-order valence-electron chi connectivity index (χ0n) is 8.80. The molecule has 0 aromatic heterocycles. The van der Waals surface area contributed by atoms with Crippen LogP contribution in [0.4, 0.5) is 8.78 Å². The standard InChI is InChI=1S/C13H12F2O/c14-11-3-6-13(15)10(8-11)7-9-1-4-12(16)5-2-9/h1,3,6,8H,2,4-5,7H2. The van der Waals surface area contributed by atoms with E-state index in [0.717, 1.165) is 17.7 Å². The van der Waals surface area contributed by atoms with E-state index in [1.807, 2.05) is 6.08 Å². The van der Waals surface area contributed by atoms with Crippen molar-refractivity contribution in [3.05, 3.63) is 47.0 Å². The van der Waals surface area contributed by atoms with Crippen LogP contribution in [-0.2, 0) is 11.2 Å². The molecule has 0 aliphatic heterocycles. The molecule has 16 heavy (non-hydrogen) atoms. The van der Waals surface area contributed by atoms with E-state index in [9.17, 15) is 13.6 Å². The van der Waals surface area contributed by atoms with Gasteiger partial charge in [-0.1, -0.05) is 11.6 Å². The third-order valence-electron chi connectivity index (χ3n) is 2.77. The van der Waals surface area contributed by atoms with E-state index in [1.54, 1.807) is 0 Å². The number of Topliss-reactive ketones (excluding diaryl/α,β-unsaturated/α-hetero) is 1. The van der Waals surface area contributed by atoms with Gasteiger partial charge in [-0.05, 0) is 36.6 Å². The van der Waals surface area contributed by atoms with Gasteiger partial charge in [-0.25, -0.2) is 8.78 Å². The summed E-state index contributed by atoms with van der Waals surface area (Å²) in [5.41, 5.74) is 1.38. The quantitative estimate of drug-likeness (QED) is 0.702. The van der Waals surface area contributed by atoms with Gasteiger partial charge in [0.05, 0.1) is 0 Å². The monoisotopic (exact) mass is 222 g/mol. The Morgan fingerprint density at radius 1 is 1.19 bits per heavy atom. The van der Waals surface area contributed by atoms with Crippen molar-refractivity contribution in [1.29, 1.82) is 0 Å². The number of rotatable bonds is 2. The molecule has 0 spiro atoms. The fourth-order valence-electron chi connectivity index (χ4n) is 1.85. The van der Waals surface area contributed by atoms with Crippen LogP contribution >= 0.6 is 0 Å². The Kier molecular flexibility index (Phi) is 3.13. The highest BCUT2D eigenvalue weighted by Crippen LogP contribution is 2.21. The topological polar surface area (TPSA) is 17.1 Å². The number of benzene rings is 1. The Morgan fingerprint density at radius 3 is 2.69 bits per heavy atom. The molecule has 0 atom stereocenters. The molecule has 1 aliphatic rings. The third-order valence-corrected chi connectivity index (χ3v) is 2.77. The van der Waals surface area contributed by atoms with Gasteiger partial charge in [-0.2, -0.15) is 0 Å². The summed E-state index contributed by atoms with van der Waals surface area (Å²) in [5, 5.41) is 0. The molecule has 1 nitrogen and oxygen atoms in total. The molecule has 0 saturated carbocycles. The minimum atomic E-state index is -0.427. The molecule has 2 rings (SSSR count). The van der Waals surface area contributed by atoms with E-state index in [-0.39, 0.29) is 11.6 Å². The second-order valence-electron chi connectivity index (χ2n) is 4.02. The average Bonchev–Trinajstić information content (AvgIpc) is 2.27. The first-order valence-electron chi connectivity index (χ1n) is 5.28. The van der Waals surface area contributed by atoms with Crippen molar-refractivity contribution >= 4 is 5.78 Å². The van der Waals surface area contributed by atoms with E-state index >= 15 is 0 Å². The van der Waals surface area contributed by atoms with E-state index in [0.29, 0.717) is 31.2 Å². The van der Waals surface area contributed by atoms with Crippen molar-refractivity contribution in [2.75, 3.05) is 0 Å². The van der Waals surface area contributed by atoms with Gasteiger partial charge < -0.3 is 0 Å². The van der Waals surface area contributed by atoms with E-state index < -0.39 is 5.82 Å². The molecule has 0 unspecified atom stereocenters. The van der Waals surface area contributed by atoms with Gasteiger partial charge in [0, 0.05) is 12.8 Å². The normalized spacial score (nSPS) is 16.1. The van der Waals surface area contributed by atoms with Crippen LogP contribution in [0, 0.1) is 11.6 Å². The van der Waals surface area contributed by atoms with E-state index in [1.165, 1.54) is 6.07 Å². The summed E-state index contributed by atoms with van der Waals surface area (Å²) in [6.07, 6.45) is 3.83. The first-order chi connectivity index (χ1) is 7.65. The first-order valence-corrected chi connectivity index (χ1v) is 5.28. The molecular formula is C13H12F2O. The molecule has 0 heterocycles. The van der Waals surface area contributed by atoms with Gasteiger partial charge in [0.25, 0.3) is 0 Å². The lowest BCUT2D eigenvalue weighted by atomic mass is 9.93. The second kappa shape index (κ2) is 4.56. The summed E-state index contributed by atoms with van der Waals surface area (Å²) in [4.78, 5) is 11.0. The average molecular weight is 222 g/mol. The van der Waals surface area contributed by atoms with Crippen molar-refractivity contribution in [2.24, 2.45) is 0 Å². The van der Waals surface area contributed by atoms with Crippen LogP contribution in [0.25, 0.3) is 0 Å². The van der Waals surface area contributed by atoms with Crippen LogP contribution < -0.4 is 0 Å². The number of carbonyl (C=O) groups is 1. The summed E-state index contributed by atoms with van der Waals surface area (Å²) in [6, 6.07) is 3.46. The summed E-state index contributed by atoms with van der Waals surface area (Å²) in [6.45, 7) is 0.